The molecule has 0 unspecified atom stereocenters. The van der Waals surface area contributed by atoms with Gasteiger partial charge < -0.3 is 15.1 Å². The molecule has 13 heavy (non-hydrogen) atoms. The molecule has 4 nitrogen and oxygen atoms in total. The molecule has 2 aliphatic rings. The minimum Gasteiger partial charge on any atom is -0.326 e. The molecule has 0 aromatic heterocycles. The van der Waals surface area contributed by atoms with E-state index in [2.05, 4.69) is 5.32 Å². The lowest BCUT2D eigenvalue weighted by atomic mass is 10.1. The molecule has 0 aliphatic carbocycles. The number of carbonyl (C=O) groups is 1. The number of carbonyl (C=O) groups excluding carboxylic acids is 1. The number of hydrogen-bond acceptors (Lipinski definition) is 2. The van der Waals surface area contributed by atoms with Gasteiger partial charge in [-0.15, -0.1) is 0 Å². The van der Waals surface area contributed by atoms with Crippen LogP contribution in [0.5, 0.6) is 0 Å². The van der Waals surface area contributed by atoms with Crippen LogP contribution in [-0.2, 0) is 0 Å². The van der Waals surface area contributed by atoms with Crippen LogP contribution in [0.2, 0.25) is 0 Å². The Bertz CT molecular complexity index is 201. The molecule has 1 N–H and O–H groups in total. The monoisotopic (exact) mass is 183 g/mol. The van der Waals surface area contributed by atoms with Crippen molar-refractivity contribution in [3.63, 3.8) is 0 Å². The standard InChI is InChI=1S/C9H17N3O/c1-11-5-6-12(9(11)13)8-3-2-4-10-7-8/h8,10H,2-7H2,1H3/t8-/m1/s1. The van der Waals surface area contributed by atoms with Crippen molar-refractivity contribution in [2.75, 3.05) is 33.2 Å². The number of piperidine rings is 1. The van der Waals surface area contributed by atoms with Crippen LogP contribution in [0.3, 0.4) is 0 Å². The van der Waals surface area contributed by atoms with E-state index in [1.807, 2.05) is 11.9 Å². The normalized spacial score (nSPS) is 29.9. The van der Waals surface area contributed by atoms with Crippen molar-refractivity contribution < 1.29 is 4.79 Å². The number of amides is 2. The highest BCUT2D eigenvalue weighted by atomic mass is 16.2. The van der Waals surface area contributed by atoms with E-state index in [4.69, 9.17) is 0 Å². The first kappa shape index (κ1) is 8.81. The molecule has 0 aromatic carbocycles. The maximum Gasteiger partial charge on any atom is 0.320 e. The smallest absolute Gasteiger partial charge is 0.320 e. The highest BCUT2D eigenvalue weighted by Gasteiger charge is 2.31. The van der Waals surface area contributed by atoms with E-state index in [-0.39, 0.29) is 6.03 Å². The van der Waals surface area contributed by atoms with Crippen molar-refractivity contribution >= 4 is 6.03 Å². The molecule has 0 spiro atoms. The Balaban J connectivity index is 1.96. The topological polar surface area (TPSA) is 35.6 Å². The zero-order valence-corrected chi connectivity index (χ0v) is 8.12. The van der Waals surface area contributed by atoms with Crippen molar-refractivity contribution in [3.8, 4) is 0 Å². The Morgan fingerprint density at radius 2 is 2.31 bits per heavy atom. The summed E-state index contributed by atoms with van der Waals surface area (Å²) in [6, 6.07) is 0.639. The molecule has 0 aromatic rings. The third kappa shape index (κ3) is 1.63. The van der Waals surface area contributed by atoms with Gasteiger partial charge in [-0.1, -0.05) is 0 Å². The van der Waals surface area contributed by atoms with Gasteiger partial charge in [-0.05, 0) is 19.4 Å². The molecule has 74 valence electrons. The van der Waals surface area contributed by atoms with Gasteiger partial charge in [0, 0.05) is 32.7 Å². The summed E-state index contributed by atoms with van der Waals surface area (Å²) in [7, 11) is 1.87. The Kier molecular flexibility index (Phi) is 2.40. The largest absolute Gasteiger partial charge is 0.326 e. The SMILES string of the molecule is CN1CCN([C@@H]2CCCNC2)C1=O. The molecule has 2 aliphatic heterocycles. The van der Waals surface area contributed by atoms with Crippen LogP contribution in [0.15, 0.2) is 0 Å². The fourth-order valence-electron chi connectivity index (χ4n) is 2.11. The van der Waals surface area contributed by atoms with Gasteiger partial charge in [-0.2, -0.15) is 0 Å². The Morgan fingerprint density at radius 1 is 1.46 bits per heavy atom. The van der Waals surface area contributed by atoms with Gasteiger partial charge in [0.1, 0.15) is 0 Å². The van der Waals surface area contributed by atoms with Crippen molar-refractivity contribution in [3.05, 3.63) is 0 Å². The fourth-order valence-corrected chi connectivity index (χ4v) is 2.11. The van der Waals surface area contributed by atoms with Crippen LogP contribution in [0.1, 0.15) is 12.8 Å². The van der Waals surface area contributed by atoms with Crippen molar-refractivity contribution in [1.82, 2.24) is 15.1 Å². The number of rotatable bonds is 1. The molecule has 0 bridgehead atoms. The predicted octanol–water partition coefficient (Wildman–Crippen LogP) is 0.106. The van der Waals surface area contributed by atoms with Crippen LogP contribution >= 0.6 is 0 Å². The number of nitrogens with one attached hydrogen (secondary N) is 1. The number of hydrogen-bond donors (Lipinski definition) is 1. The van der Waals surface area contributed by atoms with Crippen LogP contribution in [-0.4, -0.2) is 55.1 Å². The lowest BCUT2D eigenvalue weighted by molar-refractivity contribution is 0.172. The maximum atomic E-state index is 11.6. The summed E-state index contributed by atoms with van der Waals surface area (Å²) in [5.41, 5.74) is 0. The molecule has 2 saturated heterocycles. The summed E-state index contributed by atoms with van der Waals surface area (Å²) in [6.45, 7) is 3.87. The quantitative estimate of drug-likeness (QED) is 0.626. The minimum atomic E-state index is 0.203. The average molecular weight is 183 g/mol. The molecule has 2 amide bonds. The molecule has 1 atom stereocenters. The summed E-state index contributed by atoms with van der Waals surface area (Å²) in [6.07, 6.45) is 2.35. The zero-order chi connectivity index (χ0) is 9.26. The molecule has 2 rings (SSSR count). The summed E-state index contributed by atoms with van der Waals surface area (Å²) in [5, 5.41) is 3.33. The predicted molar refractivity (Wildman–Crippen MR) is 50.6 cm³/mol. The van der Waals surface area contributed by atoms with E-state index in [9.17, 15) is 4.79 Å². The summed E-state index contributed by atoms with van der Waals surface area (Å²) >= 11 is 0. The fraction of sp³-hybridized carbons (Fsp3) is 0.889. The van der Waals surface area contributed by atoms with Gasteiger partial charge in [0.15, 0.2) is 0 Å². The molecule has 0 saturated carbocycles. The highest BCUT2D eigenvalue weighted by molar-refractivity contribution is 5.76. The van der Waals surface area contributed by atoms with Crippen molar-refractivity contribution in [1.29, 1.82) is 0 Å². The summed E-state index contributed by atoms with van der Waals surface area (Å²) < 4.78 is 0. The zero-order valence-electron chi connectivity index (χ0n) is 8.12. The maximum absolute atomic E-state index is 11.6. The Hall–Kier alpha value is -0.770. The van der Waals surface area contributed by atoms with Crippen LogP contribution in [0.25, 0.3) is 0 Å². The van der Waals surface area contributed by atoms with Gasteiger partial charge in [-0.25, -0.2) is 4.79 Å². The van der Waals surface area contributed by atoms with E-state index in [0.29, 0.717) is 6.04 Å². The van der Waals surface area contributed by atoms with Gasteiger partial charge >= 0.3 is 6.03 Å². The molecule has 0 radical (unpaired) electrons. The van der Waals surface area contributed by atoms with Gasteiger partial charge in [0.2, 0.25) is 0 Å². The first-order valence-corrected chi connectivity index (χ1v) is 5.01. The first-order valence-electron chi connectivity index (χ1n) is 5.01. The Morgan fingerprint density at radius 3 is 2.85 bits per heavy atom. The second-order valence-electron chi connectivity index (χ2n) is 3.90. The number of urea groups is 1. The third-order valence-electron chi connectivity index (χ3n) is 2.96. The first-order chi connectivity index (χ1) is 6.29. The van der Waals surface area contributed by atoms with Crippen molar-refractivity contribution in [2.45, 2.75) is 18.9 Å². The van der Waals surface area contributed by atoms with E-state index < -0.39 is 0 Å². The van der Waals surface area contributed by atoms with E-state index >= 15 is 0 Å². The van der Waals surface area contributed by atoms with E-state index in [0.717, 1.165) is 32.6 Å². The second-order valence-corrected chi connectivity index (χ2v) is 3.90. The summed E-state index contributed by atoms with van der Waals surface area (Å²) in [5.74, 6) is 0. The minimum absolute atomic E-state index is 0.203. The van der Waals surface area contributed by atoms with Crippen LogP contribution in [0.4, 0.5) is 4.79 Å². The van der Waals surface area contributed by atoms with E-state index in [1.165, 1.54) is 6.42 Å². The molecule has 2 fully saturated rings. The Labute approximate surface area is 78.9 Å². The number of likely N-dealkylation sites (N-methyl/N-ethyl adjacent to an activating group) is 1. The molecular formula is C9H17N3O. The highest BCUT2D eigenvalue weighted by Crippen LogP contribution is 2.15. The molecule has 2 heterocycles. The molecular weight excluding hydrogens is 166 g/mol. The van der Waals surface area contributed by atoms with Gasteiger partial charge in [-0.3, -0.25) is 0 Å². The van der Waals surface area contributed by atoms with Crippen LogP contribution < -0.4 is 5.32 Å². The van der Waals surface area contributed by atoms with Gasteiger partial charge in [0.05, 0.1) is 0 Å². The van der Waals surface area contributed by atoms with Crippen LogP contribution in [0, 0.1) is 0 Å². The molecule has 4 heteroatoms. The number of nitrogens with zero attached hydrogens (tertiary/aromatic N) is 2. The van der Waals surface area contributed by atoms with E-state index in [1.54, 1.807) is 4.90 Å². The van der Waals surface area contributed by atoms with Crippen molar-refractivity contribution in [2.24, 2.45) is 0 Å². The third-order valence-corrected chi connectivity index (χ3v) is 2.96. The average Bonchev–Trinajstić information content (AvgIpc) is 2.49. The van der Waals surface area contributed by atoms with Gasteiger partial charge in [0.25, 0.3) is 0 Å². The lowest BCUT2D eigenvalue weighted by Crippen LogP contribution is -2.47. The second kappa shape index (κ2) is 3.54. The lowest BCUT2D eigenvalue weighted by Gasteiger charge is -2.30. The summed E-state index contributed by atoms with van der Waals surface area (Å²) in [4.78, 5) is 15.4.